The fourth-order valence-corrected chi connectivity index (χ4v) is 5.70. The van der Waals surface area contributed by atoms with E-state index >= 15 is 0 Å². The molecule has 0 atom stereocenters. The van der Waals surface area contributed by atoms with Gasteiger partial charge in [0.1, 0.15) is 11.4 Å². The van der Waals surface area contributed by atoms with E-state index in [1.807, 2.05) is 79.3 Å². The molecule has 10 heteroatoms. The summed E-state index contributed by atoms with van der Waals surface area (Å²) >= 11 is 13.6. The van der Waals surface area contributed by atoms with Gasteiger partial charge in [-0.3, -0.25) is 4.79 Å². The molecule has 0 unspecified atom stereocenters. The fourth-order valence-electron chi connectivity index (χ4n) is 4.30. The van der Waals surface area contributed by atoms with Crippen LogP contribution in [-0.2, 0) is 0 Å². The number of benzene rings is 3. The molecule has 6 aromatic rings. The fraction of sp³-hybridized carbons (Fsp3) is 0.103. The molecule has 3 aromatic heterocycles. The molecule has 7 nitrogen and oxygen atoms in total. The van der Waals surface area contributed by atoms with Crippen LogP contribution >= 0.6 is 34.5 Å². The van der Waals surface area contributed by atoms with E-state index in [2.05, 4.69) is 10.1 Å². The lowest BCUT2D eigenvalue weighted by Gasteiger charge is -2.08. The Labute approximate surface area is 237 Å². The molecule has 0 amide bonds. The summed E-state index contributed by atoms with van der Waals surface area (Å²) in [4.78, 5) is 18.4. The molecular formula is C29H21Cl2N5O2S. The van der Waals surface area contributed by atoms with Crippen LogP contribution in [0.25, 0.3) is 39.4 Å². The minimum absolute atomic E-state index is 0.264. The first kappa shape index (κ1) is 25.3. The van der Waals surface area contributed by atoms with Crippen molar-refractivity contribution in [2.45, 2.75) is 13.8 Å². The number of hydrogen-bond donors (Lipinski definition) is 0. The number of halogens is 2. The lowest BCUT2D eigenvalue weighted by Crippen LogP contribution is -2.23. The first-order valence-electron chi connectivity index (χ1n) is 12.2. The van der Waals surface area contributed by atoms with Gasteiger partial charge in [-0.15, -0.1) is 5.10 Å². The van der Waals surface area contributed by atoms with Crippen molar-refractivity contribution in [2.24, 2.45) is 0 Å². The Kier molecular flexibility index (Phi) is 6.68. The number of aryl methyl sites for hydroxylation is 1. The molecule has 0 bridgehead atoms. The topological polar surface area (TPSA) is 74.3 Å². The maximum absolute atomic E-state index is 13.4. The van der Waals surface area contributed by atoms with Crippen molar-refractivity contribution >= 4 is 45.6 Å². The van der Waals surface area contributed by atoms with E-state index in [4.69, 9.17) is 33.0 Å². The van der Waals surface area contributed by atoms with E-state index in [9.17, 15) is 4.79 Å². The van der Waals surface area contributed by atoms with Crippen LogP contribution < -0.4 is 14.8 Å². The third kappa shape index (κ3) is 4.83. The van der Waals surface area contributed by atoms with Gasteiger partial charge in [0.15, 0.2) is 5.82 Å². The van der Waals surface area contributed by atoms with Crippen LogP contribution in [0.1, 0.15) is 18.1 Å². The number of thiazole rings is 1. The molecule has 0 N–H and O–H groups in total. The summed E-state index contributed by atoms with van der Waals surface area (Å²) < 4.78 is 9.33. The summed E-state index contributed by atoms with van der Waals surface area (Å²) in [6.45, 7) is 4.56. The molecule has 6 rings (SSSR count). The third-order valence-electron chi connectivity index (χ3n) is 6.15. The van der Waals surface area contributed by atoms with Gasteiger partial charge >= 0.3 is 0 Å². The van der Waals surface area contributed by atoms with Gasteiger partial charge in [-0.2, -0.15) is 14.6 Å². The van der Waals surface area contributed by atoms with Crippen molar-refractivity contribution in [3.8, 4) is 34.1 Å². The van der Waals surface area contributed by atoms with Crippen LogP contribution in [0.4, 0.5) is 0 Å². The molecule has 0 aliphatic heterocycles. The Bertz CT molecular complexity index is 1950. The van der Waals surface area contributed by atoms with Gasteiger partial charge in [0.2, 0.25) is 4.96 Å². The highest BCUT2D eigenvalue weighted by Gasteiger charge is 2.17. The second-order valence-electron chi connectivity index (χ2n) is 8.80. The zero-order chi connectivity index (χ0) is 27.1. The number of aromatic nitrogens is 5. The van der Waals surface area contributed by atoms with Gasteiger partial charge in [-0.1, -0.05) is 52.7 Å². The Balaban J connectivity index is 1.47. The maximum atomic E-state index is 13.4. The largest absolute Gasteiger partial charge is 0.494 e. The number of para-hydroxylation sites is 1. The molecule has 0 spiro atoms. The molecular weight excluding hydrogens is 553 g/mol. The zero-order valence-corrected chi connectivity index (χ0v) is 23.3. The predicted molar refractivity (Wildman–Crippen MR) is 156 cm³/mol. The van der Waals surface area contributed by atoms with Crippen LogP contribution in [0.5, 0.6) is 5.75 Å². The van der Waals surface area contributed by atoms with E-state index < -0.39 is 0 Å². The number of hydrogen-bond acceptors (Lipinski definition) is 6. The molecule has 0 saturated carbocycles. The minimum Gasteiger partial charge on any atom is -0.494 e. The average Bonchev–Trinajstić information content (AvgIpc) is 3.61. The van der Waals surface area contributed by atoms with Gasteiger partial charge in [0.25, 0.3) is 5.56 Å². The lowest BCUT2D eigenvalue weighted by atomic mass is 10.0. The molecule has 39 heavy (non-hydrogen) atoms. The van der Waals surface area contributed by atoms with Crippen LogP contribution in [0.15, 0.2) is 77.7 Å². The average molecular weight is 574 g/mol. The smallest absolute Gasteiger partial charge is 0.291 e. The first-order chi connectivity index (χ1) is 18.9. The Morgan fingerprint density at radius 2 is 1.85 bits per heavy atom. The minimum atomic E-state index is -0.264. The molecule has 3 heterocycles. The second kappa shape index (κ2) is 10.3. The van der Waals surface area contributed by atoms with Crippen LogP contribution in [0, 0.1) is 6.92 Å². The summed E-state index contributed by atoms with van der Waals surface area (Å²) in [7, 11) is 0. The predicted octanol–water partition coefficient (Wildman–Crippen LogP) is 6.23. The van der Waals surface area contributed by atoms with Crippen molar-refractivity contribution < 1.29 is 4.74 Å². The third-order valence-corrected chi connectivity index (χ3v) is 7.66. The van der Waals surface area contributed by atoms with Gasteiger partial charge in [-0.05, 0) is 74.0 Å². The molecule has 3 aromatic carbocycles. The van der Waals surface area contributed by atoms with Crippen LogP contribution in [0.3, 0.4) is 0 Å². The van der Waals surface area contributed by atoms with Crippen molar-refractivity contribution in [3.05, 3.63) is 109 Å². The Morgan fingerprint density at radius 3 is 2.56 bits per heavy atom. The van der Waals surface area contributed by atoms with Crippen molar-refractivity contribution in [3.63, 3.8) is 0 Å². The monoisotopic (exact) mass is 573 g/mol. The normalized spacial score (nSPS) is 11.9. The summed E-state index contributed by atoms with van der Waals surface area (Å²) in [6.07, 6.45) is 3.76. The first-order valence-corrected chi connectivity index (χ1v) is 13.7. The highest BCUT2D eigenvalue weighted by atomic mass is 35.5. The highest BCUT2D eigenvalue weighted by molar-refractivity contribution is 7.15. The SMILES string of the molecule is CCOc1ccc(-c2nn(-c3ccccc3)cc2C=c2sc3nc(-c4ccc(Cl)cc4Cl)nn3c2=O)cc1C. The summed E-state index contributed by atoms with van der Waals surface area (Å²) in [5.41, 5.74) is 4.73. The second-order valence-corrected chi connectivity index (χ2v) is 10.6. The standard InChI is InChI=1S/C29H21Cl2N5O2S/c1-3-38-24-12-9-18(13-17(24)2)26-19(16-35(33-26)21-7-5-4-6-8-21)14-25-28(37)36-29(39-25)32-27(34-36)22-11-10-20(30)15-23(22)31/h4-16H,3H2,1-2H3. The van der Waals surface area contributed by atoms with Gasteiger partial charge in [0, 0.05) is 27.9 Å². The van der Waals surface area contributed by atoms with E-state index in [0.29, 0.717) is 37.5 Å². The molecule has 194 valence electrons. The highest BCUT2D eigenvalue weighted by Crippen LogP contribution is 2.30. The van der Waals surface area contributed by atoms with Gasteiger partial charge in [-0.25, -0.2) is 4.68 Å². The van der Waals surface area contributed by atoms with Crippen LogP contribution in [0.2, 0.25) is 10.0 Å². The molecule has 0 radical (unpaired) electrons. The summed E-state index contributed by atoms with van der Waals surface area (Å²) in [5, 5.41) is 10.3. The van der Waals surface area contributed by atoms with E-state index in [0.717, 1.165) is 33.8 Å². The molecule has 0 aliphatic rings. The maximum Gasteiger partial charge on any atom is 0.291 e. The molecule has 0 aliphatic carbocycles. The van der Waals surface area contributed by atoms with Crippen molar-refractivity contribution in [1.29, 1.82) is 0 Å². The van der Waals surface area contributed by atoms with Gasteiger partial charge in [0.05, 0.1) is 21.8 Å². The van der Waals surface area contributed by atoms with Crippen molar-refractivity contribution in [1.82, 2.24) is 24.4 Å². The molecule has 0 fully saturated rings. The Morgan fingerprint density at radius 1 is 1.03 bits per heavy atom. The molecule has 0 saturated heterocycles. The van der Waals surface area contributed by atoms with Crippen LogP contribution in [-0.4, -0.2) is 31.0 Å². The number of nitrogens with zero attached hydrogens (tertiary/aromatic N) is 5. The number of ether oxygens (including phenoxy) is 1. The summed E-state index contributed by atoms with van der Waals surface area (Å²) in [6, 6.07) is 20.9. The van der Waals surface area contributed by atoms with E-state index in [1.54, 1.807) is 18.2 Å². The van der Waals surface area contributed by atoms with Crippen molar-refractivity contribution in [2.75, 3.05) is 6.61 Å². The van der Waals surface area contributed by atoms with E-state index in [-0.39, 0.29) is 5.56 Å². The summed E-state index contributed by atoms with van der Waals surface area (Å²) in [5.74, 6) is 1.20. The number of rotatable bonds is 6. The zero-order valence-electron chi connectivity index (χ0n) is 20.9. The lowest BCUT2D eigenvalue weighted by molar-refractivity contribution is 0.338. The van der Waals surface area contributed by atoms with E-state index in [1.165, 1.54) is 15.9 Å². The Hall–Kier alpha value is -3.98. The van der Waals surface area contributed by atoms with Gasteiger partial charge < -0.3 is 4.74 Å². The quantitative estimate of drug-likeness (QED) is 0.236. The number of fused-ring (bicyclic) bond motifs is 1.